The van der Waals surface area contributed by atoms with Gasteiger partial charge in [-0.1, -0.05) is 12.1 Å². The molecule has 0 saturated carbocycles. The van der Waals surface area contributed by atoms with E-state index in [0.29, 0.717) is 24.1 Å². The van der Waals surface area contributed by atoms with E-state index in [4.69, 9.17) is 23.0 Å². The number of nitrogen functional groups attached to an aromatic ring is 2. The molecule has 2 heterocycles. The van der Waals surface area contributed by atoms with Crippen molar-refractivity contribution in [3.63, 3.8) is 0 Å². The van der Waals surface area contributed by atoms with Crippen molar-refractivity contribution in [2.24, 2.45) is 0 Å². The Balaban J connectivity index is 1.76. The van der Waals surface area contributed by atoms with Crippen molar-refractivity contribution in [1.29, 1.82) is 0 Å². The van der Waals surface area contributed by atoms with Crippen LogP contribution in [-0.4, -0.2) is 54.0 Å². The number of nitrogens with zero attached hydrogens (tertiary/aromatic N) is 4. The molecule has 0 aliphatic carbocycles. The molecule has 35 heavy (non-hydrogen) atoms. The third-order valence-electron chi connectivity index (χ3n) is 5.22. The van der Waals surface area contributed by atoms with Crippen LogP contribution in [0.4, 0.5) is 11.8 Å². The van der Waals surface area contributed by atoms with Crippen LogP contribution < -0.4 is 16.8 Å². The van der Waals surface area contributed by atoms with Crippen LogP contribution in [0.25, 0.3) is 11.2 Å². The number of aliphatic carboxylic acids is 2. The molecule has 1 amide bonds. The van der Waals surface area contributed by atoms with E-state index < -0.39 is 23.9 Å². The lowest BCUT2D eigenvalue weighted by atomic mass is 9.91. The normalized spacial score (nSPS) is 12.4. The number of nitrogens with two attached hydrogens (primary N) is 2. The molecule has 1 unspecified atom stereocenters. The maximum absolute atomic E-state index is 12.5. The number of nitrogens with one attached hydrogen (secondary N) is 1. The topological polar surface area (TPSA) is 207 Å². The number of hydrogen-bond acceptors (Lipinski definition) is 9. The minimum Gasteiger partial charge on any atom is -0.481 e. The van der Waals surface area contributed by atoms with Crippen molar-refractivity contribution < 1.29 is 24.6 Å². The smallest absolute Gasteiger partial charge is 0.326 e. The maximum atomic E-state index is 12.5. The molecule has 12 heteroatoms. The molecule has 0 aliphatic heterocycles. The summed E-state index contributed by atoms with van der Waals surface area (Å²) in [7, 11) is 0. The second kappa shape index (κ2) is 10.9. The summed E-state index contributed by atoms with van der Waals surface area (Å²) in [5.41, 5.74) is 13.8. The van der Waals surface area contributed by atoms with Gasteiger partial charge in [-0.05, 0) is 30.5 Å². The summed E-state index contributed by atoms with van der Waals surface area (Å²) in [5.74, 6) is -0.479. The van der Waals surface area contributed by atoms with Gasteiger partial charge in [0.2, 0.25) is 5.95 Å². The summed E-state index contributed by atoms with van der Waals surface area (Å²) >= 11 is 0. The molecule has 0 bridgehead atoms. The van der Waals surface area contributed by atoms with E-state index >= 15 is 0 Å². The van der Waals surface area contributed by atoms with E-state index in [-0.39, 0.29) is 41.7 Å². The number of fused-ring (bicyclic) bond motifs is 1. The van der Waals surface area contributed by atoms with E-state index in [1.54, 1.807) is 30.5 Å². The van der Waals surface area contributed by atoms with E-state index in [1.807, 2.05) is 0 Å². The molecule has 2 atom stereocenters. The highest BCUT2D eigenvalue weighted by Gasteiger charge is 2.22. The predicted octanol–water partition coefficient (Wildman–Crippen LogP) is 0.982. The first-order valence-corrected chi connectivity index (χ1v) is 10.5. The van der Waals surface area contributed by atoms with Gasteiger partial charge in [-0.15, -0.1) is 12.3 Å². The number of hydrogen-bond donors (Lipinski definition) is 5. The average molecular weight is 477 g/mol. The number of carbonyl (C=O) groups excluding carboxylic acids is 1. The summed E-state index contributed by atoms with van der Waals surface area (Å²) in [4.78, 5) is 51.2. The number of terminal acetylenes is 1. The summed E-state index contributed by atoms with van der Waals surface area (Å²) in [5, 5.41) is 20.3. The number of aromatic nitrogens is 4. The van der Waals surface area contributed by atoms with Gasteiger partial charge in [0.15, 0.2) is 17.0 Å². The van der Waals surface area contributed by atoms with Crippen LogP contribution in [0.2, 0.25) is 0 Å². The van der Waals surface area contributed by atoms with Gasteiger partial charge < -0.3 is 27.0 Å². The molecule has 0 aliphatic rings. The highest BCUT2D eigenvalue weighted by atomic mass is 16.4. The van der Waals surface area contributed by atoms with E-state index in [1.165, 1.54) is 0 Å². The number of carboxylic acids is 2. The standard InChI is InChI=1S/C23H23N7O5/c1-2-3-14(10-15-11-26-20-18(27-15)19(24)29-23(25)30-20)12-4-6-13(7-5-12)21(33)28-16(22(34)35)8-9-17(31)32/h1,4-7,11,14,16H,3,8-10H2,(H,28,33)(H,31,32)(H,34,35)(H4,24,25,26,29,30)/t14?,16-/m1/s1. The van der Waals surface area contributed by atoms with Crippen LogP contribution in [0, 0.1) is 12.3 Å². The highest BCUT2D eigenvalue weighted by Crippen LogP contribution is 2.25. The van der Waals surface area contributed by atoms with Crippen LogP contribution >= 0.6 is 0 Å². The lowest BCUT2D eigenvalue weighted by Gasteiger charge is -2.16. The first-order chi connectivity index (χ1) is 16.7. The molecule has 0 saturated heterocycles. The Hall–Kier alpha value is -4.79. The Kier molecular flexibility index (Phi) is 7.73. The quantitative estimate of drug-likeness (QED) is 0.260. The highest BCUT2D eigenvalue weighted by molar-refractivity contribution is 5.96. The van der Waals surface area contributed by atoms with Crippen molar-refractivity contribution in [2.45, 2.75) is 37.6 Å². The summed E-state index contributed by atoms with van der Waals surface area (Å²) in [6, 6.07) is 5.22. The number of rotatable bonds is 10. The van der Waals surface area contributed by atoms with E-state index in [0.717, 1.165) is 5.56 Å². The molecular weight excluding hydrogens is 454 g/mol. The largest absolute Gasteiger partial charge is 0.481 e. The van der Waals surface area contributed by atoms with E-state index in [2.05, 4.69) is 31.2 Å². The number of anilines is 2. The second-order valence-corrected chi connectivity index (χ2v) is 7.73. The SMILES string of the molecule is C#CCC(Cc1cnc2nc(N)nc(N)c2n1)c1ccc(C(=O)N[C@H](CCC(=O)O)C(=O)O)cc1. The van der Waals surface area contributed by atoms with Gasteiger partial charge in [-0.3, -0.25) is 9.59 Å². The van der Waals surface area contributed by atoms with Gasteiger partial charge in [-0.2, -0.15) is 9.97 Å². The molecular formula is C23H23N7O5. The number of carboxylic acid groups (broad SMARTS) is 2. The Bertz CT molecular complexity index is 1300. The summed E-state index contributed by atoms with van der Waals surface area (Å²) in [6.07, 6.45) is 7.32. The molecule has 0 fully saturated rings. The minimum absolute atomic E-state index is 0.00273. The van der Waals surface area contributed by atoms with Gasteiger partial charge in [0, 0.05) is 24.3 Å². The van der Waals surface area contributed by atoms with Gasteiger partial charge in [0.25, 0.3) is 5.91 Å². The Labute approximate surface area is 199 Å². The van der Waals surface area contributed by atoms with Crippen molar-refractivity contribution in [3.8, 4) is 12.3 Å². The zero-order valence-electron chi connectivity index (χ0n) is 18.5. The fourth-order valence-corrected chi connectivity index (χ4v) is 3.46. The molecule has 0 spiro atoms. The molecule has 0 radical (unpaired) electrons. The number of benzene rings is 1. The Morgan fingerprint density at radius 3 is 2.43 bits per heavy atom. The van der Waals surface area contributed by atoms with Crippen LogP contribution in [-0.2, 0) is 16.0 Å². The molecule has 180 valence electrons. The second-order valence-electron chi connectivity index (χ2n) is 7.73. The lowest BCUT2D eigenvalue weighted by Crippen LogP contribution is -2.41. The van der Waals surface area contributed by atoms with Crippen LogP contribution in [0.15, 0.2) is 30.5 Å². The molecule has 2 aromatic heterocycles. The molecule has 7 N–H and O–H groups in total. The predicted molar refractivity (Wildman–Crippen MR) is 126 cm³/mol. The van der Waals surface area contributed by atoms with Gasteiger partial charge in [-0.25, -0.2) is 14.8 Å². The van der Waals surface area contributed by atoms with E-state index in [9.17, 15) is 19.5 Å². The first kappa shape index (κ1) is 24.8. The average Bonchev–Trinajstić information content (AvgIpc) is 2.81. The van der Waals surface area contributed by atoms with Gasteiger partial charge in [0.1, 0.15) is 6.04 Å². The fourth-order valence-electron chi connectivity index (χ4n) is 3.46. The number of amides is 1. The zero-order valence-corrected chi connectivity index (χ0v) is 18.5. The minimum atomic E-state index is -1.31. The number of carbonyl (C=O) groups is 3. The zero-order chi connectivity index (χ0) is 25.5. The van der Waals surface area contributed by atoms with Crippen LogP contribution in [0.3, 0.4) is 0 Å². The van der Waals surface area contributed by atoms with Crippen molar-refractivity contribution >= 4 is 40.8 Å². The van der Waals surface area contributed by atoms with Crippen molar-refractivity contribution in [3.05, 3.63) is 47.3 Å². The first-order valence-electron chi connectivity index (χ1n) is 10.5. The Morgan fingerprint density at radius 1 is 1.09 bits per heavy atom. The molecule has 12 nitrogen and oxygen atoms in total. The molecule has 3 aromatic rings. The molecule has 1 aromatic carbocycles. The van der Waals surface area contributed by atoms with Gasteiger partial charge >= 0.3 is 11.9 Å². The maximum Gasteiger partial charge on any atom is 0.326 e. The summed E-state index contributed by atoms with van der Waals surface area (Å²) < 4.78 is 0. The third-order valence-corrected chi connectivity index (χ3v) is 5.22. The fraction of sp³-hybridized carbons (Fsp3) is 0.261. The molecule has 3 rings (SSSR count). The lowest BCUT2D eigenvalue weighted by molar-refractivity contribution is -0.140. The van der Waals surface area contributed by atoms with Crippen LogP contribution in [0.1, 0.15) is 46.8 Å². The van der Waals surface area contributed by atoms with Gasteiger partial charge in [0.05, 0.1) is 11.9 Å². The van der Waals surface area contributed by atoms with Crippen molar-refractivity contribution in [2.75, 3.05) is 11.5 Å². The Morgan fingerprint density at radius 2 is 1.80 bits per heavy atom. The summed E-state index contributed by atoms with van der Waals surface area (Å²) in [6.45, 7) is 0. The van der Waals surface area contributed by atoms with Crippen molar-refractivity contribution in [1.82, 2.24) is 25.3 Å². The third kappa shape index (κ3) is 6.38. The van der Waals surface area contributed by atoms with Crippen LogP contribution in [0.5, 0.6) is 0 Å². The monoisotopic (exact) mass is 477 g/mol.